The molecule has 0 spiro atoms. The molecule has 14 heavy (non-hydrogen) atoms. The normalized spacial score (nSPS) is 35.4. The predicted octanol–water partition coefficient (Wildman–Crippen LogP) is -1.86. The topological polar surface area (TPSA) is 64.6 Å². The summed E-state index contributed by atoms with van der Waals surface area (Å²) >= 11 is 0. The van der Waals surface area contributed by atoms with Crippen LogP contribution in [0.2, 0.25) is 0 Å². The first-order valence-electron chi connectivity index (χ1n) is 5.17. The van der Waals surface area contributed by atoms with Crippen molar-refractivity contribution < 1.29 is 9.90 Å². The van der Waals surface area contributed by atoms with Crippen LogP contribution in [0.4, 0.5) is 0 Å². The van der Waals surface area contributed by atoms with Gasteiger partial charge in [-0.3, -0.25) is 9.69 Å². The van der Waals surface area contributed by atoms with E-state index in [1.165, 1.54) is 0 Å². The van der Waals surface area contributed by atoms with Gasteiger partial charge in [0, 0.05) is 32.2 Å². The molecule has 5 nitrogen and oxygen atoms in total. The summed E-state index contributed by atoms with van der Waals surface area (Å²) in [6, 6.07) is 0.110. The van der Waals surface area contributed by atoms with Crippen LogP contribution in [0, 0.1) is 0 Å². The minimum Gasteiger partial charge on any atom is -0.390 e. The molecule has 0 aromatic carbocycles. The quantitative estimate of drug-likeness (QED) is 0.463. The molecule has 2 aliphatic heterocycles. The third kappa shape index (κ3) is 2.05. The lowest BCUT2D eigenvalue weighted by Gasteiger charge is -2.27. The Hall–Kier alpha value is -0.650. The summed E-state index contributed by atoms with van der Waals surface area (Å²) in [7, 11) is 0. The third-order valence-corrected chi connectivity index (χ3v) is 2.91. The number of aliphatic hydroxyl groups is 1. The van der Waals surface area contributed by atoms with Gasteiger partial charge < -0.3 is 15.7 Å². The lowest BCUT2D eigenvalue weighted by molar-refractivity contribution is -0.122. The molecule has 0 radical (unpaired) electrons. The number of nitrogens with zero attached hydrogens (tertiary/aromatic N) is 1. The number of rotatable bonds is 1. The number of nitrogens with one attached hydrogen (secondary N) is 2. The Kier molecular flexibility index (Phi) is 3.00. The van der Waals surface area contributed by atoms with Crippen LogP contribution in [0.5, 0.6) is 0 Å². The lowest BCUT2D eigenvalue weighted by Crippen LogP contribution is -2.46. The first-order chi connectivity index (χ1) is 6.77. The second-order valence-corrected chi connectivity index (χ2v) is 3.97. The Bertz CT molecular complexity index is 222. The SMILES string of the molecule is O=C1CN([C@@H]2CNC[C@H]2O)CCCN1. The van der Waals surface area contributed by atoms with E-state index in [4.69, 9.17) is 0 Å². The van der Waals surface area contributed by atoms with E-state index in [0.717, 1.165) is 26.1 Å². The smallest absolute Gasteiger partial charge is 0.234 e. The molecule has 2 heterocycles. The van der Waals surface area contributed by atoms with E-state index in [1.807, 2.05) is 0 Å². The van der Waals surface area contributed by atoms with E-state index in [1.54, 1.807) is 0 Å². The fourth-order valence-electron chi connectivity index (χ4n) is 2.14. The van der Waals surface area contributed by atoms with E-state index in [2.05, 4.69) is 15.5 Å². The summed E-state index contributed by atoms with van der Waals surface area (Å²) in [6.45, 7) is 3.49. The molecule has 0 bridgehead atoms. The van der Waals surface area contributed by atoms with E-state index in [-0.39, 0.29) is 18.1 Å². The molecule has 0 aliphatic carbocycles. The molecule has 0 aromatic heterocycles. The van der Waals surface area contributed by atoms with E-state index in [0.29, 0.717) is 13.1 Å². The second-order valence-electron chi connectivity index (χ2n) is 3.97. The maximum atomic E-state index is 11.3. The standard InChI is InChI=1S/C9H17N3O2/c13-8-5-10-4-7(8)12-3-1-2-11-9(14)6-12/h7-8,10,13H,1-6H2,(H,11,14)/t7-,8-/m1/s1. The predicted molar refractivity (Wildman–Crippen MR) is 51.9 cm³/mol. The highest BCUT2D eigenvalue weighted by Crippen LogP contribution is 2.10. The number of carbonyl (C=O) groups excluding carboxylic acids is 1. The van der Waals surface area contributed by atoms with Gasteiger partial charge in [0.05, 0.1) is 12.6 Å². The Morgan fingerprint density at radius 2 is 2.29 bits per heavy atom. The molecule has 2 fully saturated rings. The van der Waals surface area contributed by atoms with Crippen molar-refractivity contribution in [1.82, 2.24) is 15.5 Å². The summed E-state index contributed by atoms with van der Waals surface area (Å²) in [5.41, 5.74) is 0. The van der Waals surface area contributed by atoms with Gasteiger partial charge in [-0.1, -0.05) is 0 Å². The maximum Gasteiger partial charge on any atom is 0.234 e. The lowest BCUT2D eigenvalue weighted by atomic mass is 10.1. The minimum absolute atomic E-state index is 0.0709. The molecule has 0 aromatic rings. The number of carbonyl (C=O) groups is 1. The van der Waals surface area contributed by atoms with Gasteiger partial charge in [0.15, 0.2) is 0 Å². The third-order valence-electron chi connectivity index (χ3n) is 2.91. The van der Waals surface area contributed by atoms with Crippen LogP contribution in [0.25, 0.3) is 0 Å². The molecule has 2 aliphatic rings. The van der Waals surface area contributed by atoms with Gasteiger partial charge in [0.25, 0.3) is 0 Å². The van der Waals surface area contributed by atoms with E-state index in [9.17, 15) is 9.90 Å². The van der Waals surface area contributed by atoms with Crippen LogP contribution in [-0.2, 0) is 4.79 Å². The van der Waals surface area contributed by atoms with Crippen LogP contribution >= 0.6 is 0 Å². The first kappa shape index (κ1) is 9.89. The monoisotopic (exact) mass is 199 g/mol. The highest BCUT2D eigenvalue weighted by molar-refractivity contribution is 5.78. The maximum absolute atomic E-state index is 11.3. The Balaban J connectivity index is 1.97. The molecule has 2 atom stereocenters. The van der Waals surface area contributed by atoms with Crippen molar-refractivity contribution in [2.75, 3.05) is 32.7 Å². The van der Waals surface area contributed by atoms with Gasteiger partial charge in [-0.25, -0.2) is 0 Å². The van der Waals surface area contributed by atoms with Gasteiger partial charge >= 0.3 is 0 Å². The van der Waals surface area contributed by atoms with Crippen LogP contribution in [0.15, 0.2) is 0 Å². The molecule has 3 N–H and O–H groups in total. The van der Waals surface area contributed by atoms with Crippen molar-refractivity contribution >= 4 is 5.91 Å². The molecular weight excluding hydrogens is 182 g/mol. The van der Waals surface area contributed by atoms with E-state index < -0.39 is 0 Å². The fourth-order valence-corrected chi connectivity index (χ4v) is 2.14. The van der Waals surface area contributed by atoms with Crippen molar-refractivity contribution in [3.63, 3.8) is 0 Å². The average Bonchev–Trinajstić information content (AvgIpc) is 2.45. The fraction of sp³-hybridized carbons (Fsp3) is 0.889. The number of hydrogen-bond acceptors (Lipinski definition) is 4. The van der Waals surface area contributed by atoms with Crippen molar-refractivity contribution in [3.05, 3.63) is 0 Å². The molecule has 0 unspecified atom stereocenters. The molecular formula is C9H17N3O2. The van der Waals surface area contributed by atoms with Gasteiger partial charge in [-0.15, -0.1) is 0 Å². The van der Waals surface area contributed by atoms with Crippen LogP contribution in [-0.4, -0.2) is 60.8 Å². The zero-order valence-electron chi connectivity index (χ0n) is 8.20. The van der Waals surface area contributed by atoms with E-state index >= 15 is 0 Å². The minimum atomic E-state index is -0.333. The zero-order chi connectivity index (χ0) is 9.97. The van der Waals surface area contributed by atoms with Gasteiger partial charge in [0.2, 0.25) is 5.91 Å². The second kappa shape index (κ2) is 4.25. The molecule has 2 rings (SSSR count). The van der Waals surface area contributed by atoms with Crippen LogP contribution in [0.1, 0.15) is 6.42 Å². The summed E-state index contributed by atoms with van der Waals surface area (Å²) in [5.74, 6) is 0.0709. The molecule has 2 saturated heterocycles. The first-order valence-corrected chi connectivity index (χ1v) is 5.17. The largest absolute Gasteiger partial charge is 0.390 e. The Morgan fingerprint density at radius 3 is 3.00 bits per heavy atom. The van der Waals surface area contributed by atoms with Gasteiger partial charge in [0.1, 0.15) is 0 Å². The number of β-amino-alcohol motifs (C(OH)–C–C–N with tert-alkyl or cyclic N) is 1. The highest BCUT2D eigenvalue weighted by atomic mass is 16.3. The van der Waals surface area contributed by atoms with Crippen molar-refractivity contribution in [2.45, 2.75) is 18.6 Å². The van der Waals surface area contributed by atoms with Crippen molar-refractivity contribution in [1.29, 1.82) is 0 Å². The summed E-state index contributed by atoms with van der Waals surface area (Å²) in [4.78, 5) is 13.4. The van der Waals surface area contributed by atoms with Crippen molar-refractivity contribution in [3.8, 4) is 0 Å². The molecule has 5 heteroatoms. The molecule has 80 valence electrons. The number of aliphatic hydroxyl groups excluding tert-OH is 1. The van der Waals surface area contributed by atoms with Crippen LogP contribution < -0.4 is 10.6 Å². The Morgan fingerprint density at radius 1 is 1.43 bits per heavy atom. The Labute approximate surface area is 83.5 Å². The molecule has 1 amide bonds. The van der Waals surface area contributed by atoms with Gasteiger partial charge in [-0.05, 0) is 6.42 Å². The average molecular weight is 199 g/mol. The van der Waals surface area contributed by atoms with Crippen molar-refractivity contribution in [2.24, 2.45) is 0 Å². The summed E-state index contributed by atoms with van der Waals surface area (Å²) in [5, 5.41) is 15.6. The van der Waals surface area contributed by atoms with Crippen LogP contribution in [0.3, 0.4) is 0 Å². The summed E-state index contributed by atoms with van der Waals surface area (Å²) in [6.07, 6.45) is 0.635. The van der Waals surface area contributed by atoms with Gasteiger partial charge in [-0.2, -0.15) is 0 Å². The zero-order valence-corrected chi connectivity index (χ0v) is 8.20. The number of hydrogen-bond donors (Lipinski definition) is 3. The number of amides is 1. The molecule has 0 saturated carbocycles. The highest BCUT2D eigenvalue weighted by Gasteiger charge is 2.31. The summed E-state index contributed by atoms with van der Waals surface area (Å²) < 4.78 is 0.